The van der Waals surface area contributed by atoms with Crippen molar-refractivity contribution in [2.75, 3.05) is 13.2 Å². The molecule has 1 saturated carbocycles. The fourth-order valence-electron chi connectivity index (χ4n) is 4.60. The van der Waals surface area contributed by atoms with Crippen LogP contribution in [0.25, 0.3) is 6.08 Å². The van der Waals surface area contributed by atoms with Crippen molar-refractivity contribution >= 4 is 23.8 Å². The number of aliphatic hydroxyl groups is 3. The van der Waals surface area contributed by atoms with Crippen LogP contribution >= 0.6 is 0 Å². The quantitative estimate of drug-likeness (QED) is 0.0707. The van der Waals surface area contributed by atoms with Gasteiger partial charge in [0.25, 0.3) is 0 Å². The zero-order chi connectivity index (χ0) is 28.5. The molecule has 12 nitrogen and oxygen atoms in total. The summed E-state index contributed by atoms with van der Waals surface area (Å²) in [6.07, 6.45) is 0.516. The predicted octanol–water partition coefficient (Wildman–Crippen LogP) is 0.885. The van der Waals surface area contributed by atoms with Crippen LogP contribution < -0.4 is 0 Å². The number of Topliss-reactive ketones (excluding diaryl/α,β-unsaturated/α-hetero) is 1. The molecule has 1 saturated heterocycles. The Morgan fingerprint density at radius 1 is 1.05 bits per heavy atom. The van der Waals surface area contributed by atoms with Crippen LogP contribution in [-0.2, 0) is 28.6 Å². The zero-order valence-corrected chi connectivity index (χ0v) is 21.2. The van der Waals surface area contributed by atoms with Gasteiger partial charge in [-0.3, -0.25) is 9.59 Å². The van der Waals surface area contributed by atoms with Gasteiger partial charge in [-0.15, -0.1) is 0 Å². The number of hydrogen-bond acceptors (Lipinski definition) is 11. The van der Waals surface area contributed by atoms with E-state index in [9.17, 15) is 39.9 Å². The van der Waals surface area contributed by atoms with E-state index >= 15 is 0 Å². The first-order valence-electron chi connectivity index (χ1n) is 12.6. The number of aliphatic hydroxyl groups excluding tert-OH is 3. The van der Waals surface area contributed by atoms with Crippen molar-refractivity contribution in [2.45, 2.75) is 62.8 Å². The number of allylic oxidation sites excluding steroid dienone is 1. The number of carboxylic acids is 1. The van der Waals surface area contributed by atoms with Gasteiger partial charge in [0.2, 0.25) is 0 Å². The highest BCUT2D eigenvalue weighted by atomic mass is 16.7. The number of benzene rings is 1. The number of esters is 1. The Balaban J connectivity index is 1.43. The van der Waals surface area contributed by atoms with Gasteiger partial charge in [-0.25, -0.2) is 4.79 Å². The van der Waals surface area contributed by atoms with Gasteiger partial charge in [0.05, 0.1) is 6.61 Å². The second-order valence-corrected chi connectivity index (χ2v) is 9.56. The first-order valence-corrected chi connectivity index (χ1v) is 12.6. The molecule has 1 aliphatic heterocycles. The summed E-state index contributed by atoms with van der Waals surface area (Å²) in [6, 6.07) is 3.96. The molecule has 0 amide bonds. The maximum atomic E-state index is 12.0. The third kappa shape index (κ3) is 8.60. The molecule has 1 aliphatic carbocycles. The van der Waals surface area contributed by atoms with Crippen molar-refractivity contribution in [3.8, 4) is 11.5 Å². The van der Waals surface area contributed by atoms with Crippen LogP contribution in [0.2, 0.25) is 0 Å². The average Bonchev–Trinajstić information content (AvgIpc) is 3.23. The van der Waals surface area contributed by atoms with E-state index in [1.165, 1.54) is 24.3 Å². The van der Waals surface area contributed by atoms with E-state index in [0.717, 1.165) is 6.08 Å². The van der Waals surface area contributed by atoms with Crippen LogP contribution in [0.1, 0.15) is 37.7 Å². The molecule has 1 aromatic rings. The lowest BCUT2D eigenvalue weighted by atomic mass is 9.89. The number of aromatic hydroxyl groups is 2. The van der Waals surface area contributed by atoms with E-state index < -0.39 is 49.3 Å². The molecule has 2 fully saturated rings. The van der Waals surface area contributed by atoms with Crippen molar-refractivity contribution in [3.63, 3.8) is 0 Å². The van der Waals surface area contributed by atoms with Crippen molar-refractivity contribution in [3.05, 3.63) is 42.0 Å². The molecule has 7 atom stereocenters. The van der Waals surface area contributed by atoms with Crippen molar-refractivity contribution in [2.24, 2.45) is 11.8 Å². The van der Waals surface area contributed by atoms with E-state index in [0.29, 0.717) is 31.2 Å². The summed E-state index contributed by atoms with van der Waals surface area (Å²) in [5.41, 5.74) is 0.423. The Kier molecular flexibility index (Phi) is 11.0. The van der Waals surface area contributed by atoms with E-state index in [1.807, 2.05) is 0 Å². The summed E-state index contributed by atoms with van der Waals surface area (Å²) in [5.74, 6) is -2.80. The number of hydrogen-bond donors (Lipinski definition) is 6. The molecule has 39 heavy (non-hydrogen) atoms. The van der Waals surface area contributed by atoms with Crippen LogP contribution in [0.5, 0.6) is 11.5 Å². The molecule has 1 heterocycles. The van der Waals surface area contributed by atoms with E-state index in [2.05, 4.69) is 0 Å². The zero-order valence-electron chi connectivity index (χ0n) is 21.2. The fraction of sp³-hybridized carbons (Fsp3) is 0.519. The molecule has 0 aromatic heterocycles. The van der Waals surface area contributed by atoms with Crippen molar-refractivity contribution < 1.29 is 59.2 Å². The van der Waals surface area contributed by atoms with Gasteiger partial charge in [-0.1, -0.05) is 18.2 Å². The molecule has 3 rings (SSSR count). The monoisotopic (exact) mass is 550 g/mol. The molecule has 1 unspecified atom stereocenters. The first-order chi connectivity index (χ1) is 18.6. The highest BCUT2D eigenvalue weighted by molar-refractivity contribution is 5.87. The van der Waals surface area contributed by atoms with Gasteiger partial charge in [-0.2, -0.15) is 0 Å². The van der Waals surface area contributed by atoms with Gasteiger partial charge < -0.3 is 44.8 Å². The van der Waals surface area contributed by atoms with Gasteiger partial charge in [0.15, 0.2) is 17.8 Å². The number of aliphatic carboxylic acids is 1. The standard InChI is InChI=1S/C27H34O12/c28-18-9-7-16(13-22(31)32)17(18)4-2-1-3-11-37-27-26(36)25(35)24(34)21(39-27)14-38-23(33)10-6-15-5-8-19(29)20(30)12-15/h1-2,5-6,8,10,12,16-17,21,24-27,29-30,34-36H,3-4,7,9,11,13-14H2,(H,31,32)/b2-1-,10-6+/t16-,17?,21-,24-,25+,26-,27-/m1/s1. The van der Waals surface area contributed by atoms with Crippen molar-refractivity contribution in [1.82, 2.24) is 0 Å². The summed E-state index contributed by atoms with van der Waals surface area (Å²) in [4.78, 5) is 35.1. The average molecular weight is 551 g/mol. The Hall–Kier alpha value is -3.29. The van der Waals surface area contributed by atoms with Crippen LogP contribution in [-0.4, -0.2) is 92.3 Å². The number of carbonyl (C=O) groups is 3. The number of phenols is 2. The molecule has 0 bridgehead atoms. The molecular formula is C27H34O12. The number of rotatable bonds is 12. The SMILES string of the molecule is O=C(O)C[C@H]1CCC(=O)C1C/C=C\CCO[C@@H]1O[C@H](COC(=O)/C=C/c2ccc(O)c(O)c2)[C@@H](O)[C@H](O)[C@H]1O. The number of phenolic OH excluding ortho intramolecular Hbond substituents is 2. The molecule has 2 aliphatic rings. The second-order valence-electron chi connectivity index (χ2n) is 9.56. The highest BCUT2D eigenvalue weighted by Crippen LogP contribution is 2.34. The van der Waals surface area contributed by atoms with Gasteiger partial charge in [0, 0.05) is 24.8 Å². The Labute approximate surface area is 224 Å². The molecule has 1 aromatic carbocycles. The van der Waals surface area contributed by atoms with E-state index in [-0.39, 0.29) is 42.1 Å². The first kappa shape index (κ1) is 30.3. The Bertz CT molecular complexity index is 1070. The van der Waals surface area contributed by atoms with E-state index in [1.54, 1.807) is 12.2 Å². The maximum Gasteiger partial charge on any atom is 0.330 e. The Morgan fingerprint density at radius 3 is 2.54 bits per heavy atom. The predicted molar refractivity (Wildman–Crippen MR) is 134 cm³/mol. The minimum Gasteiger partial charge on any atom is -0.504 e. The van der Waals surface area contributed by atoms with Crippen molar-refractivity contribution in [1.29, 1.82) is 0 Å². The fourth-order valence-corrected chi connectivity index (χ4v) is 4.60. The third-order valence-corrected chi connectivity index (χ3v) is 6.77. The largest absolute Gasteiger partial charge is 0.504 e. The Morgan fingerprint density at radius 2 is 1.82 bits per heavy atom. The number of ether oxygens (including phenoxy) is 3. The minimum absolute atomic E-state index is 0.0336. The lowest BCUT2D eigenvalue weighted by molar-refractivity contribution is -0.301. The van der Waals surface area contributed by atoms with Crippen LogP contribution in [0.4, 0.5) is 0 Å². The van der Waals surface area contributed by atoms with Gasteiger partial charge in [0.1, 0.15) is 36.8 Å². The smallest absolute Gasteiger partial charge is 0.330 e. The number of ketones is 1. The van der Waals surface area contributed by atoms with Crippen LogP contribution in [0.15, 0.2) is 36.4 Å². The number of carbonyl (C=O) groups excluding carboxylic acids is 2. The maximum absolute atomic E-state index is 12.0. The van der Waals surface area contributed by atoms with Gasteiger partial charge in [-0.05, 0) is 49.0 Å². The lowest BCUT2D eigenvalue weighted by Crippen LogP contribution is -2.59. The van der Waals surface area contributed by atoms with Crippen LogP contribution in [0, 0.1) is 11.8 Å². The molecule has 12 heteroatoms. The third-order valence-electron chi connectivity index (χ3n) is 6.77. The molecule has 0 spiro atoms. The van der Waals surface area contributed by atoms with Gasteiger partial charge >= 0.3 is 11.9 Å². The summed E-state index contributed by atoms with van der Waals surface area (Å²) < 4.78 is 16.1. The minimum atomic E-state index is -1.61. The summed E-state index contributed by atoms with van der Waals surface area (Å²) in [7, 11) is 0. The highest BCUT2D eigenvalue weighted by Gasteiger charge is 2.44. The molecule has 6 N–H and O–H groups in total. The lowest BCUT2D eigenvalue weighted by Gasteiger charge is -2.39. The van der Waals surface area contributed by atoms with Crippen LogP contribution in [0.3, 0.4) is 0 Å². The second kappa shape index (κ2) is 14.2. The van der Waals surface area contributed by atoms with E-state index in [4.69, 9.17) is 19.3 Å². The molecule has 214 valence electrons. The normalized spacial score (nSPS) is 29.3. The molecular weight excluding hydrogens is 516 g/mol. The summed E-state index contributed by atoms with van der Waals surface area (Å²) in [6.45, 7) is -0.367. The number of carboxylic acid groups (broad SMARTS) is 1. The molecule has 0 radical (unpaired) electrons. The summed E-state index contributed by atoms with van der Waals surface area (Å²) >= 11 is 0. The topological polar surface area (TPSA) is 200 Å². The summed E-state index contributed by atoms with van der Waals surface area (Å²) in [5, 5.41) is 58.4.